The molecule has 1 aliphatic carbocycles. The van der Waals surface area contributed by atoms with Crippen LogP contribution in [0.4, 0.5) is 5.82 Å². The van der Waals surface area contributed by atoms with Crippen molar-refractivity contribution in [3.05, 3.63) is 17.3 Å². The van der Waals surface area contributed by atoms with E-state index in [2.05, 4.69) is 21.2 Å². The molecule has 3 heterocycles. The van der Waals surface area contributed by atoms with E-state index in [0.29, 0.717) is 12.3 Å². The molecule has 1 atom stereocenters. The van der Waals surface area contributed by atoms with E-state index in [1.54, 1.807) is 0 Å². The molecule has 5 nitrogen and oxygen atoms in total. The van der Waals surface area contributed by atoms with Crippen LogP contribution in [0.2, 0.25) is 0 Å². The van der Waals surface area contributed by atoms with E-state index < -0.39 is 0 Å². The average molecular weight is 407 g/mol. The quantitative estimate of drug-likeness (QED) is 0.530. The standard InChI is InChI=1S/C20H30N4OS2/c25-20(8-4-2-6-17-9-14-26-27-17)24-12-10-23(11-13-24)19-15-16-5-1-3-7-18(16)21-22-19/h15,17H,1-14H2. The Morgan fingerprint density at radius 2 is 1.96 bits per heavy atom. The van der Waals surface area contributed by atoms with Crippen molar-refractivity contribution >= 4 is 33.3 Å². The number of carbonyl (C=O) groups excluding carboxylic acids is 1. The highest BCUT2D eigenvalue weighted by Crippen LogP contribution is 2.39. The van der Waals surface area contributed by atoms with Gasteiger partial charge in [0.1, 0.15) is 0 Å². The lowest BCUT2D eigenvalue weighted by molar-refractivity contribution is -0.131. The summed E-state index contributed by atoms with van der Waals surface area (Å²) < 4.78 is 0. The molecule has 0 radical (unpaired) electrons. The van der Waals surface area contributed by atoms with Crippen LogP contribution in [0.25, 0.3) is 0 Å². The Hall–Kier alpha value is -0.950. The first-order valence-corrected chi connectivity index (χ1v) is 12.8. The lowest BCUT2D eigenvalue weighted by Crippen LogP contribution is -2.49. The third kappa shape index (κ3) is 5.11. The van der Waals surface area contributed by atoms with Crippen molar-refractivity contribution in [3.8, 4) is 0 Å². The van der Waals surface area contributed by atoms with E-state index in [-0.39, 0.29) is 0 Å². The summed E-state index contributed by atoms with van der Waals surface area (Å²) in [5.74, 6) is 2.63. The monoisotopic (exact) mass is 406 g/mol. The minimum atomic E-state index is 0.333. The Labute approximate surface area is 170 Å². The van der Waals surface area contributed by atoms with Gasteiger partial charge in [-0.05, 0) is 56.6 Å². The van der Waals surface area contributed by atoms with Crippen molar-refractivity contribution in [1.82, 2.24) is 15.1 Å². The zero-order chi connectivity index (χ0) is 18.5. The highest BCUT2D eigenvalue weighted by atomic mass is 33.1. The summed E-state index contributed by atoms with van der Waals surface area (Å²) >= 11 is 0. The second-order valence-corrected chi connectivity index (χ2v) is 10.6. The summed E-state index contributed by atoms with van der Waals surface area (Å²) in [6.07, 6.45) is 10.3. The number of unbranched alkanes of at least 4 members (excludes halogenated alkanes) is 1. The first-order valence-electron chi connectivity index (χ1n) is 10.5. The molecule has 0 N–H and O–H groups in total. The number of carbonyl (C=O) groups is 1. The molecule has 7 heteroatoms. The topological polar surface area (TPSA) is 49.3 Å². The van der Waals surface area contributed by atoms with Crippen molar-refractivity contribution in [2.75, 3.05) is 36.8 Å². The van der Waals surface area contributed by atoms with Crippen LogP contribution in [0.1, 0.15) is 56.2 Å². The van der Waals surface area contributed by atoms with Gasteiger partial charge in [-0.2, -0.15) is 5.10 Å². The summed E-state index contributed by atoms with van der Waals surface area (Å²) in [5, 5.41) is 9.73. The summed E-state index contributed by atoms with van der Waals surface area (Å²) in [7, 11) is 4.04. The maximum atomic E-state index is 12.5. The Morgan fingerprint density at radius 3 is 2.78 bits per heavy atom. The Balaban J connectivity index is 1.19. The fraction of sp³-hybridized carbons (Fsp3) is 0.750. The van der Waals surface area contributed by atoms with Gasteiger partial charge >= 0.3 is 0 Å². The predicted octanol–water partition coefficient (Wildman–Crippen LogP) is 3.72. The molecule has 2 aliphatic heterocycles. The number of hydrogen-bond donors (Lipinski definition) is 0. The van der Waals surface area contributed by atoms with Gasteiger partial charge in [0.05, 0.1) is 5.69 Å². The largest absolute Gasteiger partial charge is 0.352 e. The first kappa shape index (κ1) is 19.4. The van der Waals surface area contributed by atoms with Crippen LogP contribution < -0.4 is 4.90 Å². The van der Waals surface area contributed by atoms with Crippen molar-refractivity contribution in [1.29, 1.82) is 0 Å². The van der Waals surface area contributed by atoms with Crippen LogP contribution in [0, 0.1) is 0 Å². The van der Waals surface area contributed by atoms with E-state index >= 15 is 0 Å². The number of fused-ring (bicyclic) bond motifs is 1. The van der Waals surface area contributed by atoms with Crippen molar-refractivity contribution in [3.63, 3.8) is 0 Å². The first-order chi connectivity index (χ1) is 13.3. The molecule has 1 aromatic rings. The van der Waals surface area contributed by atoms with Gasteiger partial charge < -0.3 is 9.80 Å². The molecule has 1 amide bonds. The van der Waals surface area contributed by atoms with E-state index in [4.69, 9.17) is 0 Å². The average Bonchev–Trinajstić information content (AvgIpc) is 3.24. The fourth-order valence-corrected chi connectivity index (χ4v) is 7.22. The molecule has 0 bridgehead atoms. The summed E-state index contributed by atoms with van der Waals surface area (Å²) in [5.41, 5.74) is 2.57. The van der Waals surface area contributed by atoms with E-state index in [9.17, 15) is 4.79 Å². The Bertz CT molecular complexity index is 643. The van der Waals surface area contributed by atoms with E-state index in [0.717, 1.165) is 56.5 Å². The number of hydrogen-bond acceptors (Lipinski definition) is 6. The molecule has 1 unspecified atom stereocenters. The summed E-state index contributed by atoms with van der Waals surface area (Å²) in [6, 6.07) is 2.23. The second-order valence-electron chi connectivity index (χ2n) is 7.82. The minimum Gasteiger partial charge on any atom is -0.352 e. The third-order valence-electron chi connectivity index (χ3n) is 5.91. The molecule has 2 saturated heterocycles. The fourth-order valence-electron chi connectivity index (χ4n) is 4.19. The number of rotatable bonds is 6. The smallest absolute Gasteiger partial charge is 0.222 e. The highest BCUT2D eigenvalue weighted by Gasteiger charge is 2.23. The van der Waals surface area contributed by atoms with Gasteiger partial charge in [0.2, 0.25) is 5.91 Å². The molecule has 1 aromatic heterocycles. The summed E-state index contributed by atoms with van der Waals surface area (Å²) in [6.45, 7) is 3.36. The van der Waals surface area contributed by atoms with Gasteiger partial charge in [-0.25, -0.2) is 0 Å². The van der Waals surface area contributed by atoms with Crippen molar-refractivity contribution in [2.45, 2.75) is 63.0 Å². The molecule has 4 rings (SSSR count). The molecular formula is C20H30N4OS2. The van der Waals surface area contributed by atoms with E-state index in [1.165, 1.54) is 49.1 Å². The highest BCUT2D eigenvalue weighted by molar-refractivity contribution is 8.77. The third-order valence-corrected chi connectivity index (χ3v) is 8.91. The van der Waals surface area contributed by atoms with Crippen LogP contribution in [0.5, 0.6) is 0 Å². The van der Waals surface area contributed by atoms with Crippen LogP contribution in [-0.4, -0.2) is 58.2 Å². The minimum absolute atomic E-state index is 0.333. The number of anilines is 1. The van der Waals surface area contributed by atoms with Crippen molar-refractivity contribution < 1.29 is 4.79 Å². The van der Waals surface area contributed by atoms with Crippen LogP contribution >= 0.6 is 21.6 Å². The summed E-state index contributed by atoms with van der Waals surface area (Å²) in [4.78, 5) is 16.8. The van der Waals surface area contributed by atoms with E-state index in [1.807, 2.05) is 26.5 Å². The molecule has 2 fully saturated rings. The van der Waals surface area contributed by atoms with Gasteiger partial charge in [-0.1, -0.05) is 28.0 Å². The normalized spacial score (nSPS) is 22.7. The SMILES string of the molecule is O=C(CCCCC1CCSS1)N1CCN(c2cc3c(nn2)CCCC3)CC1. The predicted molar refractivity (Wildman–Crippen MR) is 114 cm³/mol. The Kier molecular flexibility index (Phi) is 6.82. The zero-order valence-electron chi connectivity index (χ0n) is 16.1. The van der Waals surface area contributed by atoms with Crippen molar-refractivity contribution in [2.24, 2.45) is 0 Å². The molecule has 27 heavy (non-hydrogen) atoms. The molecule has 0 saturated carbocycles. The van der Waals surface area contributed by atoms with Crippen LogP contribution in [0.15, 0.2) is 6.07 Å². The maximum absolute atomic E-state index is 12.5. The number of amides is 1. The van der Waals surface area contributed by atoms with Gasteiger partial charge in [0.25, 0.3) is 0 Å². The van der Waals surface area contributed by atoms with Crippen LogP contribution in [-0.2, 0) is 17.6 Å². The maximum Gasteiger partial charge on any atom is 0.222 e. The number of aryl methyl sites for hydroxylation is 2. The van der Waals surface area contributed by atoms with Gasteiger partial charge in [-0.3, -0.25) is 4.79 Å². The van der Waals surface area contributed by atoms with Gasteiger partial charge in [0.15, 0.2) is 5.82 Å². The molecule has 0 spiro atoms. The number of piperazine rings is 1. The second kappa shape index (κ2) is 9.50. The van der Waals surface area contributed by atoms with Gasteiger partial charge in [-0.15, -0.1) is 5.10 Å². The molecule has 3 aliphatic rings. The van der Waals surface area contributed by atoms with Gasteiger partial charge in [0, 0.05) is 43.6 Å². The molecule has 0 aromatic carbocycles. The molecule has 148 valence electrons. The number of nitrogens with zero attached hydrogens (tertiary/aromatic N) is 4. The van der Waals surface area contributed by atoms with Crippen LogP contribution in [0.3, 0.4) is 0 Å². The Morgan fingerprint density at radius 1 is 1.11 bits per heavy atom. The lowest BCUT2D eigenvalue weighted by Gasteiger charge is -2.35. The zero-order valence-corrected chi connectivity index (χ0v) is 17.7. The number of aromatic nitrogens is 2. The molecular weight excluding hydrogens is 376 g/mol. The lowest BCUT2D eigenvalue weighted by atomic mass is 9.97.